The van der Waals surface area contributed by atoms with Crippen LogP contribution in [-0.2, 0) is 0 Å². The van der Waals surface area contributed by atoms with Gasteiger partial charge >= 0.3 is 0 Å². The van der Waals surface area contributed by atoms with Crippen molar-refractivity contribution in [2.75, 3.05) is 5.43 Å². The Morgan fingerprint density at radius 3 is 2.83 bits per heavy atom. The average Bonchev–Trinajstić information content (AvgIpc) is 2.04. The van der Waals surface area contributed by atoms with Gasteiger partial charge in [-0.05, 0) is 17.4 Å². The molecule has 1 aromatic carbocycles. The average molecular weight is 165 g/mol. The third-order valence-corrected chi connectivity index (χ3v) is 1.61. The molecule has 0 radical (unpaired) electrons. The molecule has 0 unspecified atom stereocenters. The summed E-state index contributed by atoms with van der Waals surface area (Å²) in [5, 5.41) is 9.45. The van der Waals surface area contributed by atoms with Crippen molar-refractivity contribution in [2.45, 2.75) is 0 Å². The van der Waals surface area contributed by atoms with Gasteiger partial charge in [0.05, 0.1) is 11.3 Å². The van der Waals surface area contributed by atoms with Gasteiger partial charge in [0.15, 0.2) is 0 Å². The van der Waals surface area contributed by atoms with Crippen LogP contribution in [0.2, 0.25) is 0 Å². The molecule has 0 atom stereocenters. The summed E-state index contributed by atoms with van der Waals surface area (Å²) in [4.78, 5) is 11.1. The molecule has 1 aliphatic rings. The fourth-order valence-corrected chi connectivity index (χ4v) is 1.08. The summed E-state index contributed by atoms with van der Waals surface area (Å²) in [6.45, 7) is 0. The minimum absolute atomic E-state index is 0.327. The Morgan fingerprint density at radius 2 is 2.00 bits per heavy atom. The number of hydrogen-bond donors (Lipinski definition) is 3. The van der Waals surface area contributed by atoms with Crippen LogP contribution in [0.25, 0.3) is 0 Å². The Bertz CT molecular complexity index is 326. The van der Waals surface area contributed by atoms with E-state index in [9.17, 15) is 4.79 Å². The van der Waals surface area contributed by atoms with Gasteiger partial charge in [0.25, 0.3) is 5.91 Å². The van der Waals surface area contributed by atoms with Crippen LogP contribution in [0.3, 0.4) is 0 Å². The number of rotatable bonds is 0. The van der Waals surface area contributed by atoms with Crippen molar-refractivity contribution >= 4 is 11.6 Å². The minimum atomic E-state index is -0.327. The van der Waals surface area contributed by atoms with Gasteiger partial charge in [0, 0.05) is 0 Å². The van der Waals surface area contributed by atoms with Gasteiger partial charge in [0.1, 0.15) is 0 Å². The number of para-hydroxylation sites is 1. The van der Waals surface area contributed by atoms with Gasteiger partial charge in [-0.2, -0.15) is 0 Å². The van der Waals surface area contributed by atoms with Gasteiger partial charge in [-0.25, -0.2) is 5.43 Å². The van der Waals surface area contributed by atoms with Crippen molar-refractivity contribution in [3.63, 3.8) is 0 Å². The van der Waals surface area contributed by atoms with Crippen molar-refractivity contribution in [3.8, 4) is 0 Å². The molecule has 0 saturated heterocycles. The molecule has 0 saturated carbocycles. The van der Waals surface area contributed by atoms with E-state index in [1.165, 1.54) is 0 Å². The summed E-state index contributed by atoms with van der Waals surface area (Å²) in [6, 6.07) is 6.91. The zero-order chi connectivity index (χ0) is 8.55. The molecule has 1 aromatic rings. The predicted molar refractivity (Wildman–Crippen MR) is 41.2 cm³/mol. The number of anilines is 1. The van der Waals surface area contributed by atoms with Crippen molar-refractivity contribution < 1.29 is 10.0 Å². The second kappa shape index (κ2) is 2.47. The Morgan fingerprint density at radius 1 is 1.25 bits per heavy atom. The second-order valence-electron chi connectivity index (χ2n) is 2.41. The van der Waals surface area contributed by atoms with E-state index in [0.29, 0.717) is 16.5 Å². The molecule has 5 heteroatoms. The Labute approximate surface area is 68.5 Å². The topological polar surface area (TPSA) is 64.6 Å². The number of carbonyl (C=O) groups is 1. The Balaban J connectivity index is 2.47. The Kier molecular flexibility index (Phi) is 1.46. The number of hydrazine groups is 2. The molecule has 0 spiro atoms. The first-order chi connectivity index (χ1) is 5.77. The van der Waals surface area contributed by atoms with Crippen LogP contribution in [0.5, 0.6) is 0 Å². The number of carbonyl (C=O) groups excluding carboxylic acids is 1. The van der Waals surface area contributed by atoms with Gasteiger partial charge < -0.3 is 0 Å². The third kappa shape index (κ3) is 1.01. The van der Waals surface area contributed by atoms with E-state index < -0.39 is 0 Å². The number of nitrogens with one attached hydrogen (secondary N) is 2. The molecule has 0 aliphatic carbocycles. The van der Waals surface area contributed by atoms with Gasteiger partial charge in [-0.15, -0.1) is 0 Å². The van der Waals surface area contributed by atoms with Gasteiger partial charge in [0.2, 0.25) is 0 Å². The number of nitrogens with zero attached hydrogens (tertiary/aromatic N) is 1. The predicted octanol–water partition coefficient (Wildman–Crippen LogP) is 0.363. The van der Waals surface area contributed by atoms with Crippen molar-refractivity contribution in [1.29, 1.82) is 0 Å². The molecular formula is C7H7N3O2. The monoisotopic (exact) mass is 165 g/mol. The number of fused-ring (bicyclic) bond motifs is 1. The lowest BCUT2D eigenvalue weighted by molar-refractivity contribution is -0.104. The quantitative estimate of drug-likeness (QED) is 0.519. The van der Waals surface area contributed by atoms with Crippen LogP contribution in [0.1, 0.15) is 10.4 Å². The van der Waals surface area contributed by atoms with E-state index in [0.717, 1.165) is 0 Å². The first-order valence-electron chi connectivity index (χ1n) is 3.43. The van der Waals surface area contributed by atoms with Crippen LogP contribution in [-0.4, -0.2) is 16.4 Å². The van der Waals surface area contributed by atoms with Crippen LogP contribution >= 0.6 is 0 Å². The highest BCUT2D eigenvalue weighted by molar-refractivity contribution is 6.00. The Hall–Kier alpha value is -1.59. The highest BCUT2D eigenvalue weighted by Crippen LogP contribution is 2.17. The standard InChI is InChI=1S/C7H7N3O2/c11-7-5-3-1-2-4-6(5)8-10(12)9-7/h1-4,8,12H,(H,9,11). The fraction of sp³-hybridized carbons (Fsp3) is 0. The number of hydrogen-bond acceptors (Lipinski definition) is 4. The summed E-state index contributed by atoms with van der Waals surface area (Å²) >= 11 is 0. The molecule has 0 bridgehead atoms. The van der Waals surface area contributed by atoms with Crippen LogP contribution < -0.4 is 10.9 Å². The lowest BCUT2D eigenvalue weighted by atomic mass is 10.1. The minimum Gasteiger partial charge on any atom is -0.277 e. The van der Waals surface area contributed by atoms with E-state index in [4.69, 9.17) is 5.21 Å². The van der Waals surface area contributed by atoms with E-state index in [1.807, 2.05) is 0 Å². The van der Waals surface area contributed by atoms with Gasteiger partial charge in [-0.3, -0.25) is 15.4 Å². The lowest BCUT2D eigenvalue weighted by Crippen LogP contribution is -2.47. The third-order valence-electron chi connectivity index (χ3n) is 1.61. The number of amides is 1. The summed E-state index contributed by atoms with van der Waals surface area (Å²) in [7, 11) is 0. The molecular weight excluding hydrogens is 158 g/mol. The summed E-state index contributed by atoms with van der Waals surface area (Å²) in [5.74, 6) is -0.327. The molecule has 1 amide bonds. The molecule has 1 aliphatic heterocycles. The maximum Gasteiger partial charge on any atom is 0.270 e. The fourth-order valence-electron chi connectivity index (χ4n) is 1.08. The van der Waals surface area contributed by atoms with Crippen LogP contribution in [0.15, 0.2) is 24.3 Å². The smallest absolute Gasteiger partial charge is 0.270 e. The molecule has 62 valence electrons. The molecule has 1 heterocycles. The summed E-state index contributed by atoms with van der Waals surface area (Å²) < 4.78 is 0. The molecule has 3 N–H and O–H groups in total. The van der Waals surface area contributed by atoms with E-state index >= 15 is 0 Å². The zero-order valence-corrected chi connectivity index (χ0v) is 6.11. The summed E-state index contributed by atoms with van der Waals surface area (Å²) in [6.07, 6.45) is 0. The molecule has 5 nitrogen and oxygen atoms in total. The van der Waals surface area contributed by atoms with Crippen molar-refractivity contribution in [1.82, 2.24) is 10.7 Å². The van der Waals surface area contributed by atoms with E-state index in [1.54, 1.807) is 24.3 Å². The summed E-state index contributed by atoms with van der Waals surface area (Å²) in [5.41, 5.74) is 5.82. The molecule has 2 rings (SSSR count). The number of benzene rings is 1. The maximum absolute atomic E-state index is 11.1. The zero-order valence-electron chi connectivity index (χ0n) is 6.11. The van der Waals surface area contributed by atoms with Crippen LogP contribution in [0, 0.1) is 0 Å². The van der Waals surface area contributed by atoms with Crippen LogP contribution in [0.4, 0.5) is 5.69 Å². The molecule has 0 aromatic heterocycles. The van der Waals surface area contributed by atoms with Crippen molar-refractivity contribution in [2.24, 2.45) is 0 Å². The first-order valence-corrected chi connectivity index (χ1v) is 3.43. The highest BCUT2D eigenvalue weighted by Gasteiger charge is 2.19. The second-order valence-corrected chi connectivity index (χ2v) is 2.41. The van der Waals surface area contributed by atoms with Crippen molar-refractivity contribution in [3.05, 3.63) is 29.8 Å². The lowest BCUT2D eigenvalue weighted by Gasteiger charge is -2.24. The largest absolute Gasteiger partial charge is 0.277 e. The normalized spacial score (nSPS) is 16.2. The van der Waals surface area contributed by atoms with E-state index in [-0.39, 0.29) is 5.91 Å². The van der Waals surface area contributed by atoms with E-state index in [2.05, 4.69) is 10.9 Å². The highest BCUT2D eigenvalue weighted by atomic mass is 16.6. The maximum atomic E-state index is 11.1. The molecule has 12 heavy (non-hydrogen) atoms. The SMILES string of the molecule is O=C1NN(O)Nc2ccccc21. The molecule has 0 fully saturated rings. The van der Waals surface area contributed by atoms with Gasteiger partial charge in [-0.1, -0.05) is 12.1 Å². The first kappa shape index (κ1) is 7.08.